The Balaban J connectivity index is 0.000000522. The fraction of sp³-hybridized carbons (Fsp3) is 0.429. The van der Waals surface area contributed by atoms with Crippen LogP contribution < -0.4 is 5.84 Å². The summed E-state index contributed by atoms with van der Waals surface area (Å²) in [6.45, 7) is 9.59. The van der Waals surface area contributed by atoms with Gasteiger partial charge in [-0.2, -0.15) is 0 Å². The second kappa shape index (κ2) is 12.8. The Bertz CT molecular complexity index is 676. The molecular formula is C21H32N2O3. The number of rotatable bonds is 5. The minimum absolute atomic E-state index is 0.0993. The first-order valence-electron chi connectivity index (χ1n) is 9.08. The van der Waals surface area contributed by atoms with Crippen molar-refractivity contribution in [3.05, 3.63) is 58.9 Å². The van der Waals surface area contributed by atoms with E-state index in [1.807, 2.05) is 26.8 Å². The molecule has 0 saturated heterocycles. The van der Waals surface area contributed by atoms with Gasteiger partial charge < -0.3 is 10.6 Å². The number of benzene rings is 1. The number of ether oxygens (including phenoxy) is 1. The molecule has 2 N–H and O–H groups in total. The van der Waals surface area contributed by atoms with Crippen molar-refractivity contribution in [2.24, 2.45) is 0 Å². The number of ketones is 1. The highest BCUT2D eigenvalue weighted by atomic mass is 16.5. The van der Waals surface area contributed by atoms with Crippen molar-refractivity contribution in [3.63, 3.8) is 0 Å². The minimum atomic E-state index is -0.515. The average molecular weight is 360 g/mol. The van der Waals surface area contributed by atoms with E-state index < -0.39 is 5.97 Å². The lowest BCUT2D eigenvalue weighted by molar-refractivity contribution is 0.0589. The summed E-state index contributed by atoms with van der Waals surface area (Å²) < 4.78 is 5.81. The van der Waals surface area contributed by atoms with Crippen molar-refractivity contribution < 1.29 is 14.3 Å². The summed E-state index contributed by atoms with van der Waals surface area (Å²) in [6.07, 6.45) is 4.07. The van der Waals surface area contributed by atoms with Crippen LogP contribution in [0.2, 0.25) is 0 Å². The summed E-state index contributed by atoms with van der Waals surface area (Å²) in [7, 11) is 1.29. The van der Waals surface area contributed by atoms with Crippen LogP contribution >= 0.6 is 0 Å². The fourth-order valence-corrected chi connectivity index (χ4v) is 2.41. The van der Waals surface area contributed by atoms with Gasteiger partial charge in [-0.3, -0.25) is 9.47 Å². The van der Waals surface area contributed by atoms with E-state index in [2.05, 4.69) is 35.9 Å². The smallest absolute Gasteiger partial charge is 0.356 e. The predicted molar refractivity (Wildman–Crippen MR) is 107 cm³/mol. The monoisotopic (exact) mass is 360 g/mol. The molecule has 2 aromatic rings. The first kappa shape index (κ1) is 23.4. The van der Waals surface area contributed by atoms with Gasteiger partial charge in [-0.15, -0.1) is 0 Å². The number of nitrogens with zero attached hydrogens (tertiary/aromatic N) is 1. The molecule has 0 aliphatic rings. The van der Waals surface area contributed by atoms with Crippen molar-refractivity contribution in [2.75, 3.05) is 13.0 Å². The number of Topliss-reactive ketones (excluding diaryl/α,β-unsaturated/α-hetero) is 1. The molecule has 1 aromatic carbocycles. The van der Waals surface area contributed by atoms with Gasteiger partial charge in [0.15, 0.2) is 11.5 Å². The first-order chi connectivity index (χ1) is 12.5. The molecule has 0 radical (unpaired) electrons. The lowest BCUT2D eigenvalue weighted by Crippen LogP contribution is -2.17. The molecule has 0 atom stereocenters. The zero-order valence-corrected chi connectivity index (χ0v) is 16.8. The molecule has 0 fully saturated rings. The molecule has 5 nitrogen and oxygen atoms in total. The second-order valence-corrected chi connectivity index (χ2v) is 5.41. The number of aryl methyl sites for hydroxylation is 1. The highest BCUT2D eigenvalue weighted by Crippen LogP contribution is 2.19. The molecule has 2 rings (SSSR count). The van der Waals surface area contributed by atoms with E-state index in [0.29, 0.717) is 17.5 Å². The number of hydrogen-bond acceptors (Lipinski definition) is 4. The van der Waals surface area contributed by atoms with E-state index in [0.717, 1.165) is 17.5 Å². The Morgan fingerprint density at radius 1 is 1.12 bits per heavy atom. The molecule has 144 valence electrons. The van der Waals surface area contributed by atoms with Crippen molar-refractivity contribution >= 4 is 11.8 Å². The van der Waals surface area contributed by atoms with E-state index in [4.69, 9.17) is 5.84 Å². The fourth-order valence-electron chi connectivity index (χ4n) is 2.41. The van der Waals surface area contributed by atoms with Crippen LogP contribution in [0.4, 0.5) is 0 Å². The van der Waals surface area contributed by atoms with Gasteiger partial charge in [0.05, 0.1) is 7.11 Å². The molecule has 5 heteroatoms. The average Bonchev–Trinajstić information content (AvgIpc) is 3.00. The van der Waals surface area contributed by atoms with Gasteiger partial charge in [0.25, 0.3) is 0 Å². The SMILES string of the molecule is CC.CCCc1c(C(C)=O)cn(N)c1C(=O)OC.CCc1ccccc1. The second-order valence-electron chi connectivity index (χ2n) is 5.41. The first-order valence-corrected chi connectivity index (χ1v) is 9.08. The number of aromatic nitrogens is 1. The number of methoxy groups -OCH3 is 1. The molecule has 0 unspecified atom stereocenters. The highest BCUT2D eigenvalue weighted by Gasteiger charge is 2.22. The standard InChI is InChI=1S/C11H16N2O3.C8H10.C2H6/c1-4-5-8-9(7(2)14)6-13(12)10(8)11(15)16-3;1-2-8-6-4-3-5-7-8;1-2/h6H,4-5,12H2,1-3H3;3-7H,2H2,1H3;1-2H3. The Morgan fingerprint density at radius 3 is 2.08 bits per heavy atom. The molecule has 0 amide bonds. The maximum absolute atomic E-state index is 11.5. The van der Waals surface area contributed by atoms with E-state index in [1.54, 1.807) is 0 Å². The van der Waals surface area contributed by atoms with E-state index in [1.165, 1.54) is 25.8 Å². The van der Waals surface area contributed by atoms with Gasteiger partial charge in [0.2, 0.25) is 0 Å². The Kier molecular flexibility index (Phi) is 11.5. The summed E-state index contributed by atoms with van der Waals surface area (Å²) in [4.78, 5) is 22.9. The van der Waals surface area contributed by atoms with Crippen LogP contribution in [0.25, 0.3) is 0 Å². The van der Waals surface area contributed by atoms with Crippen molar-refractivity contribution in [2.45, 2.75) is 53.9 Å². The highest BCUT2D eigenvalue weighted by molar-refractivity contribution is 6.00. The van der Waals surface area contributed by atoms with E-state index >= 15 is 0 Å². The third kappa shape index (κ3) is 6.75. The predicted octanol–water partition coefficient (Wildman–Crippen LogP) is 4.42. The number of hydrogen-bond donors (Lipinski definition) is 1. The van der Waals surface area contributed by atoms with Crippen LogP contribution in [0, 0.1) is 0 Å². The molecular weight excluding hydrogens is 328 g/mol. The van der Waals surface area contributed by atoms with Crippen LogP contribution in [-0.4, -0.2) is 23.5 Å². The summed E-state index contributed by atoms with van der Waals surface area (Å²) >= 11 is 0. The van der Waals surface area contributed by atoms with Gasteiger partial charge in [-0.25, -0.2) is 4.79 Å². The normalized spacial score (nSPS) is 9.31. The van der Waals surface area contributed by atoms with Gasteiger partial charge in [-0.1, -0.05) is 64.4 Å². The summed E-state index contributed by atoms with van der Waals surface area (Å²) in [5.74, 6) is 5.04. The topological polar surface area (TPSA) is 74.3 Å². The molecule has 1 heterocycles. The molecule has 0 spiro atoms. The van der Waals surface area contributed by atoms with Crippen LogP contribution in [0.3, 0.4) is 0 Å². The lowest BCUT2D eigenvalue weighted by Gasteiger charge is -2.04. The van der Waals surface area contributed by atoms with Crippen molar-refractivity contribution in [1.82, 2.24) is 4.68 Å². The van der Waals surface area contributed by atoms with Crippen LogP contribution in [0.1, 0.15) is 73.0 Å². The van der Waals surface area contributed by atoms with Crippen LogP contribution in [0.15, 0.2) is 36.5 Å². The quantitative estimate of drug-likeness (QED) is 0.486. The molecule has 1 aromatic heterocycles. The van der Waals surface area contributed by atoms with Crippen LogP contribution in [-0.2, 0) is 17.6 Å². The third-order valence-electron chi connectivity index (χ3n) is 3.65. The van der Waals surface area contributed by atoms with Crippen LogP contribution in [0.5, 0.6) is 0 Å². The maximum Gasteiger partial charge on any atom is 0.356 e. The minimum Gasteiger partial charge on any atom is -0.464 e. The molecule has 0 aliphatic carbocycles. The van der Waals surface area contributed by atoms with Crippen molar-refractivity contribution in [1.29, 1.82) is 0 Å². The Labute approximate surface area is 157 Å². The number of esters is 1. The number of nitrogens with two attached hydrogens (primary N) is 1. The Hall–Kier alpha value is -2.56. The summed E-state index contributed by atoms with van der Waals surface area (Å²) in [6, 6.07) is 10.5. The number of nitrogen functional groups attached to an aromatic ring is 1. The van der Waals surface area contributed by atoms with Gasteiger partial charge >= 0.3 is 5.97 Å². The molecule has 0 saturated carbocycles. The van der Waals surface area contributed by atoms with Gasteiger partial charge in [0.1, 0.15) is 0 Å². The van der Waals surface area contributed by atoms with Gasteiger partial charge in [0, 0.05) is 11.8 Å². The van der Waals surface area contributed by atoms with E-state index in [9.17, 15) is 9.59 Å². The Morgan fingerprint density at radius 2 is 1.69 bits per heavy atom. The largest absolute Gasteiger partial charge is 0.464 e. The van der Waals surface area contributed by atoms with Gasteiger partial charge in [-0.05, 0) is 30.9 Å². The molecule has 0 aliphatic heterocycles. The van der Waals surface area contributed by atoms with Crippen molar-refractivity contribution in [3.8, 4) is 0 Å². The van der Waals surface area contributed by atoms with E-state index in [-0.39, 0.29) is 11.5 Å². The summed E-state index contributed by atoms with van der Waals surface area (Å²) in [5.41, 5.74) is 2.83. The lowest BCUT2D eigenvalue weighted by atomic mass is 10.0. The zero-order chi connectivity index (χ0) is 20.1. The summed E-state index contributed by atoms with van der Waals surface area (Å²) in [5, 5.41) is 0. The molecule has 26 heavy (non-hydrogen) atoms. The molecule has 0 bridgehead atoms. The zero-order valence-electron chi connectivity index (χ0n) is 16.8. The maximum atomic E-state index is 11.5. The number of carbonyl (C=O) groups is 2. The number of carbonyl (C=O) groups excluding carboxylic acids is 2. The third-order valence-corrected chi connectivity index (χ3v) is 3.65.